The Kier molecular flexibility index (Phi) is 8.24. The fourth-order valence-electron chi connectivity index (χ4n) is 0.908. The number of carbonyl (C=O) groups excluding carboxylic acids is 1. The zero-order valence-electron chi connectivity index (χ0n) is 10.7. The third-order valence-corrected chi connectivity index (χ3v) is 2.14. The summed E-state index contributed by atoms with van der Waals surface area (Å²) in [5.41, 5.74) is 0.911. The maximum Gasteiger partial charge on any atom is 0.343 e. The number of carbonyl (C=O) groups is 1. The molecule has 0 saturated carbocycles. The summed E-state index contributed by atoms with van der Waals surface area (Å²) < 4.78 is 9.60. The van der Waals surface area contributed by atoms with Crippen LogP contribution >= 0.6 is 11.6 Å². The first-order chi connectivity index (χ1) is 8.04. The minimum Gasteiger partial charge on any atom is -0.482 e. The average Bonchev–Trinajstić information content (AvgIpc) is 2.31. The third kappa shape index (κ3) is 6.84. The van der Waals surface area contributed by atoms with E-state index in [2.05, 4.69) is 18.6 Å². The Hall–Kier alpha value is -1.22. The quantitative estimate of drug-likeness (QED) is 0.777. The van der Waals surface area contributed by atoms with E-state index in [0.29, 0.717) is 10.8 Å². The van der Waals surface area contributed by atoms with Gasteiger partial charge in [0, 0.05) is 5.02 Å². The highest BCUT2D eigenvalue weighted by Crippen LogP contribution is 2.20. The van der Waals surface area contributed by atoms with E-state index in [-0.39, 0.29) is 6.61 Å². The molecule has 0 amide bonds. The van der Waals surface area contributed by atoms with E-state index in [1.54, 1.807) is 18.2 Å². The van der Waals surface area contributed by atoms with Gasteiger partial charge in [0.05, 0.1) is 7.11 Å². The summed E-state index contributed by atoms with van der Waals surface area (Å²) in [4.78, 5) is 10.8. The van der Waals surface area contributed by atoms with Crippen molar-refractivity contribution >= 4 is 17.6 Å². The number of aryl methyl sites for hydroxylation is 1. The minimum atomic E-state index is -0.405. The normalized spacial score (nSPS) is 9.00. The summed E-state index contributed by atoms with van der Waals surface area (Å²) in [5, 5.41) is 0.676. The number of ether oxygens (including phenoxy) is 2. The molecule has 0 heterocycles. The van der Waals surface area contributed by atoms with Gasteiger partial charge in [-0.2, -0.15) is 0 Å². The lowest BCUT2D eigenvalue weighted by Gasteiger charge is -2.05. The van der Waals surface area contributed by atoms with Gasteiger partial charge in [-0.3, -0.25) is 0 Å². The van der Waals surface area contributed by atoms with Crippen LogP contribution in [0.1, 0.15) is 25.8 Å². The highest BCUT2D eigenvalue weighted by Gasteiger charge is 2.02. The summed E-state index contributed by atoms with van der Waals surface area (Å²) in [5.74, 6) is 0.204. The Bertz CT molecular complexity index is 351. The summed E-state index contributed by atoms with van der Waals surface area (Å²) in [6, 6.07) is 5.20. The number of halogens is 1. The maximum atomic E-state index is 10.8. The third-order valence-electron chi connectivity index (χ3n) is 1.71. The minimum absolute atomic E-state index is 0.0857. The van der Waals surface area contributed by atoms with E-state index in [1.807, 2.05) is 6.92 Å². The van der Waals surface area contributed by atoms with Crippen LogP contribution < -0.4 is 4.74 Å². The van der Waals surface area contributed by atoms with Gasteiger partial charge in [-0.15, -0.1) is 0 Å². The molecule has 0 N–H and O–H groups in total. The van der Waals surface area contributed by atoms with Gasteiger partial charge < -0.3 is 9.47 Å². The zero-order chi connectivity index (χ0) is 13.3. The highest BCUT2D eigenvalue weighted by molar-refractivity contribution is 6.31. The van der Waals surface area contributed by atoms with Crippen molar-refractivity contribution in [2.75, 3.05) is 13.7 Å². The van der Waals surface area contributed by atoms with Gasteiger partial charge in [0.15, 0.2) is 6.61 Å². The molecule has 0 aliphatic heterocycles. The van der Waals surface area contributed by atoms with Gasteiger partial charge >= 0.3 is 5.97 Å². The van der Waals surface area contributed by atoms with Gasteiger partial charge in [-0.25, -0.2) is 4.79 Å². The second kappa shape index (κ2) is 8.88. The standard InChI is InChI=1S/C10H11ClO3.C3H8/c1-7-5-8(3-4-9(7)11)14-6-10(12)13-2;1-3-2/h3-5H,6H2,1-2H3;3H2,1-2H3. The molecule has 0 spiro atoms. The van der Waals surface area contributed by atoms with E-state index < -0.39 is 5.97 Å². The van der Waals surface area contributed by atoms with Crippen molar-refractivity contribution in [3.8, 4) is 5.75 Å². The molecule has 0 radical (unpaired) electrons. The average molecular weight is 259 g/mol. The molecule has 17 heavy (non-hydrogen) atoms. The van der Waals surface area contributed by atoms with E-state index in [0.717, 1.165) is 5.56 Å². The number of hydrogen-bond acceptors (Lipinski definition) is 3. The number of hydrogen-bond donors (Lipinski definition) is 0. The molecule has 1 rings (SSSR count). The Balaban J connectivity index is 0.000000770. The molecule has 4 heteroatoms. The highest BCUT2D eigenvalue weighted by atomic mass is 35.5. The lowest BCUT2D eigenvalue weighted by atomic mass is 10.2. The zero-order valence-corrected chi connectivity index (χ0v) is 11.5. The molecule has 0 bridgehead atoms. The molecule has 0 aromatic heterocycles. The fraction of sp³-hybridized carbons (Fsp3) is 0.462. The van der Waals surface area contributed by atoms with Crippen molar-refractivity contribution in [2.24, 2.45) is 0 Å². The Morgan fingerprint density at radius 2 is 1.94 bits per heavy atom. The summed E-state index contributed by atoms with van der Waals surface area (Å²) >= 11 is 5.82. The van der Waals surface area contributed by atoms with Crippen LogP contribution in [0.2, 0.25) is 5.02 Å². The van der Waals surface area contributed by atoms with Crippen LogP contribution in [0.25, 0.3) is 0 Å². The molecule has 0 unspecified atom stereocenters. The van der Waals surface area contributed by atoms with Crippen molar-refractivity contribution in [1.29, 1.82) is 0 Å². The molecule has 0 saturated heterocycles. The van der Waals surface area contributed by atoms with E-state index >= 15 is 0 Å². The van der Waals surface area contributed by atoms with Crippen LogP contribution in [0, 0.1) is 6.92 Å². The molecule has 3 nitrogen and oxygen atoms in total. The van der Waals surface area contributed by atoms with Crippen LogP contribution in [-0.4, -0.2) is 19.7 Å². The Morgan fingerprint density at radius 3 is 2.41 bits per heavy atom. The molecule has 0 atom stereocenters. The Labute approximate surface area is 108 Å². The van der Waals surface area contributed by atoms with Crippen molar-refractivity contribution in [2.45, 2.75) is 27.2 Å². The molecule has 1 aromatic rings. The van der Waals surface area contributed by atoms with Crippen molar-refractivity contribution in [3.05, 3.63) is 28.8 Å². The van der Waals surface area contributed by atoms with E-state index in [9.17, 15) is 4.79 Å². The summed E-state index contributed by atoms with van der Waals surface area (Å²) in [6.45, 7) is 6.03. The number of methoxy groups -OCH3 is 1. The van der Waals surface area contributed by atoms with Gasteiger partial charge in [0.1, 0.15) is 5.75 Å². The second-order valence-corrected chi connectivity index (χ2v) is 3.89. The topological polar surface area (TPSA) is 35.5 Å². The summed E-state index contributed by atoms with van der Waals surface area (Å²) in [6.07, 6.45) is 1.25. The SMILES string of the molecule is CCC.COC(=O)COc1ccc(Cl)c(C)c1. The first-order valence-electron chi connectivity index (χ1n) is 5.50. The van der Waals surface area contributed by atoms with Crippen LogP contribution in [0.15, 0.2) is 18.2 Å². The van der Waals surface area contributed by atoms with Gasteiger partial charge in [0.2, 0.25) is 0 Å². The molecule has 0 aliphatic rings. The first kappa shape index (κ1) is 15.8. The molecule has 1 aromatic carbocycles. The number of rotatable bonds is 3. The Morgan fingerprint density at radius 1 is 1.35 bits per heavy atom. The molecule has 96 valence electrons. The number of esters is 1. The maximum absolute atomic E-state index is 10.8. The largest absolute Gasteiger partial charge is 0.482 e. The lowest BCUT2D eigenvalue weighted by Crippen LogP contribution is -2.12. The van der Waals surface area contributed by atoms with E-state index in [1.165, 1.54) is 13.5 Å². The van der Waals surface area contributed by atoms with Crippen molar-refractivity contribution in [3.63, 3.8) is 0 Å². The van der Waals surface area contributed by atoms with Crippen molar-refractivity contribution in [1.82, 2.24) is 0 Å². The van der Waals surface area contributed by atoms with E-state index in [4.69, 9.17) is 16.3 Å². The monoisotopic (exact) mass is 258 g/mol. The van der Waals surface area contributed by atoms with Crippen LogP contribution in [0.4, 0.5) is 0 Å². The molecule has 0 fully saturated rings. The predicted molar refractivity (Wildman–Crippen MR) is 69.7 cm³/mol. The van der Waals surface area contributed by atoms with Crippen LogP contribution in [0.5, 0.6) is 5.75 Å². The van der Waals surface area contributed by atoms with Crippen LogP contribution in [-0.2, 0) is 9.53 Å². The van der Waals surface area contributed by atoms with Gasteiger partial charge in [0.25, 0.3) is 0 Å². The predicted octanol–water partition coefficient (Wildman–Crippen LogP) is 3.62. The molecule has 0 aliphatic carbocycles. The molecular formula is C13H19ClO3. The smallest absolute Gasteiger partial charge is 0.343 e. The van der Waals surface area contributed by atoms with Gasteiger partial charge in [-0.1, -0.05) is 31.9 Å². The second-order valence-electron chi connectivity index (χ2n) is 3.48. The summed E-state index contributed by atoms with van der Waals surface area (Å²) in [7, 11) is 1.32. The lowest BCUT2D eigenvalue weighted by molar-refractivity contribution is -0.142. The van der Waals surface area contributed by atoms with Crippen LogP contribution in [0.3, 0.4) is 0 Å². The first-order valence-corrected chi connectivity index (χ1v) is 5.88. The van der Waals surface area contributed by atoms with Crippen molar-refractivity contribution < 1.29 is 14.3 Å². The fourth-order valence-corrected chi connectivity index (χ4v) is 1.03. The molecular weight excluding hydrogens is 240 g/mol. The van der Waals surface area contributed by atoms with Gasteiger partial charge in [-0.05, 0) is 30.7 Å². The number of benzene rings is 1.